The molecule has 0 aromatic carbocycles. The van der Waals surface area contributed by atoms with Gasteiger partial charge in [-0.3, -0.25) is 9.80 Å². The molecule has 0 spiro atoms. The minimum absolute atomic E-state index is 0.446. The molecule has 0 unspecified atom stereocenters. The molecule has 0 bridgehead atoms. The molecule has 0 amide bonds. The lowest BCUT2D eigenvalue weighted by molar-refractivity contribution is 0.0365. The molecule has 0 saturated carbocycles. The summed E-state index contributed by atoms with van der Waals surface area (Å²) in [6.45, 7) is 9.35. The van der Waals surface area contributed by atoms with Crippen molar-refractivity contribution in [1.29, 1.82) is 0 Å². The second kappa shape index (κ2) is 14.7. The van der Waals surface area contributed by atoms with Crippen molar-refractivity contribution in [2.45, 2.75) is 45.2 Å². The van der Waals surface area contributed by atoms with Gasteiger partial charge < -0.3 is 22.9 Å². The van der Waals surface area contributed by atoms with E-state index in [1.165, 1.54) is 0 Å². The Morgan fingerprint density at radius 2 is 0.905 bits per heavy atom. The average Bonchev–Trinajstić information content (AvgIpc) is 2.51. The summed E-state index contributed by atoms with van der Waals surface area (Å²) in [4.78, 5) is 5.07. The average molecular weight is 303 g/mol. The highest BCUT2D eigenvalue weighted by Gasteiger charge is 2.22. The molecule has 6 nitrogen and oxygen atoms in total. The molecule has 0 aromatic rings. The van der Waals surface area contributed by atoms with Crippen LogP contribution < -0.4 is 22.9 Å². The van der Waals surface area contributed by atoms with E-state index in [1.54, 1.807) is 0 Å². The van der Waals surface area contributed by atoms with E-state index in [0.29, 0.717) is 6.17 Å². The molecule has 8 N–H and O–H groups in total. The summed E-state index contributed by atoms with van der Waals surface area (Å²) in [5, 5.41) is 0. The van der Waals surface area contributed by atoms with Crippen molar-refractivity contribution < 1.29 is 0 Å². The topological polar surface area (TPSA) is 111 Å². The van der Waals surface area contributed by atoms with Gasteiger partial charge in [-0.15, -0.1) is 0 Å². The molecule has 128 valence electrons. The first-order valence-electron chi connectivity index (χ1n) is 8.53. The monoisotopic (exact) mass is 302 g/mol. The lowest BCUT2D eigenvalue weighted by Crippen LogP contribution is -2.50. The van der Waals surface area contributed by atoms with E-state index in [0.717, 1.165) is 84.5 Å². The van der Waals surface area contributed by atoms with Gasteiger partial charge in [-0.1, -0.05) is 6.92 Å². The molecule has 0 radical (unpaired) electrons. The number of nitrogens with two attached hydrogens (primary N) is 4. The van der Waals surface area contributed by atoms with Crippen molar-refractivity contribution in [3.8, 4) is 0 Å². The molecule has 0 heterocycles. The van der Waals surface area contributed by atoms with Crippen molar-refractivity contribution in [2.24, 2.45) is 22.9 Å². The van der Waals surface area contributed by atoms with Crippen LogP contribution >= 0.6 is 0 Å². The molecule has 0 rings (SSSR count). The van der Waals surface area contributed by atoms with Crippen LogP contribution in [0.1, 0.15) is 39.0 Å². The van der Waals surface area contributed by atoms with Gasteiger partial charge in [-0.2, -0.15) is 0 Å². The highest BCUT2D eigenvalue weighted by Crippen LogP contribution is 2.13. The Labute approximate surface area is 131 Å². The van der Waals surface area contributed by atoms with E-state index in [-0.39, 0.29) is 0 Å². The van der Waals surface area contributed by atoms with Crippen LogP contribution in [-0.2, 0) is 0 Å². The summed E-state index contributed by atoms with van der Waals surface area (Å²) in [6, 6.07) is 0. The highest BCUT2D eigenvalue weighted by molar-refractivity contribution is 4.74. The molecular weight excluding hydrogens is 264 g/mol. The summed E-state index contributed by atoms with van der Waals surface area (Å²) >= 11 is 0. The van der Waals surface area contributed by atoms with Crippen molar-refractivity contribution in [3.63, 3.8) is 0 Å². The van der Waals surface area contributed by atoms with E-state index in [2.05, 4.69) is 16.7 Å². The lowest BCUT2D eigenvalue weighted by Gasteiger charge is -2.39. The van der Waals surface area contributed by atoms with Crippen LogP contribution in [0.2, 0.25) is 0 Å². The zero-order valence-corrected chi connectivity index (χ0v) is 14.0. The number of hydrogen-bond donors (Lipinski definition) is 4. The largest absolute Gasteiger partial charge is 0.330 e. The van der Waals surface area contributed by atoms with Gasteiger partial charge in [-0.25, -0.2) is 0 Å². The molecule has 0 fully saturated rings. The van der Waals surface area contributed by atoms with E-state index in [1.807, 2.05) is 0 Å². The maximum Gasteiger partial charge on any atom is 0.0619 e. The Hall–Kier alpha value is -0.240. The predicted octanol–water partition coefficient (Wildman–Crippen LogP) is -0.278. The summed E-state index contributed by atoms with van der Waals surface area (Å²) in [6.07, 6.45) is 5.67. The molecule has 0 aliphatic heterocycles. The van der Waals surface area contributed by atoms with E-state index < -0.39 is 0 Å². The van der Waals surface area contributed by atoms with Crippen LogP contribution in [0.4, 0.5) is 0 Å². The van der Waals surface area contributed by atoms with Crippen LogP contribution in [0, 0.1) is 0 Å². The quantitative estimate of drug-likeness (QED) is 0.310. The summed E-state index contributed by atoms with van der Waals surface area (Å²) in [5.41, 5.74) is 22.7. The van der Waals surface area contributed by atoms with Crippen molar-refractivity contribution in [3.05, 3.63) is 0 Å². The van der Waals surface area contributed by atoms with Gasteiger partial charge in [0.2, 0.25) is 0 Å². The second-order valence-corrected chi connectivity index (χ2v) is 5.53. The Morgan fingerprint density at radius 3 is 1.10 bits per heavy atom. The van der Waals surface area contributed by atoms with Crippen molar-refractivity contribution in [2.75, 3.05) is 52.4 Å². The van der Waals surface area contributed by atoms with Gasteiger partial charge in [0.25, 0.3) is 0 Å². The number of hydrogen-bond acceptors (Lipinski definition) is 6. The zero-order valence-electron chi connectivity index (χ0n) is 14.0. The van der Waals surface area contributed by atoms with E-state index in [9.17, 15) is 0 Å². The molecular formula is C15H38N6. The van der Waals surface area contributed by atoms with Gasteiger partial charge in [0.1, 0.15) is 0 Å². The molecule has 0 aliphatic rings. The number of nitrogens with zero attached hydrogens (tertiary/aromatic N) is 2. The summed E-state index contributed by atoms with van der Waals surface area (Å²) in [5.74, 6) is 0. The smallest absolute Gasteiger partial charge is 0.0619 e. The van der Waals surface area contributed by atoms with Gasteiger partial charge in [0.05, 0.1) is 6.17 Å². The third-order valence-electron chi connectivity index (χ3n) is 3.81. The fraction of sp³-hybridized carbons (Fsp3) is 1.00. The van der Waals surface area contributed by atoms with Crippen LogP contribution in [0.25, 0.3) is 0 Å². The summed E-state index contributed by atoms with van der Waals surface area (Å²) < 4.78 is 0. The second-order valence-electron chi connectivity index (χ2n) is 5.53. The third-order valence-corrected chi connectivity index (χ3v) is 3.81. The fourth-order valence-corrected chi connectivity index (χ4v) is 2.74. The fourth-order valence-electron chi connectivity index (χ4n) is 2.74. The van der Waals surface area contributed by atoms with Crippen molar-refractivity contribution >= 4 is 0 Å². The minimum Gasteiger partial charge on any atom is -0.330 e. The Bertz CT molecular complexity index is 178. The molecule has 0 saturated heterocycles. The van der Waals surface area contributed by atoms with Gasteiger partial charge in [0.15, 0.2) is 0 Å². The van der Waals surface area contributed by atoms with Gasteiger partial charge in [-0.05, 0) is 58.3 Å². The van der Waals surface area contributed by atoms with Crippen LogP contribution in [0.5, 0.6) is 0 Å². The third kappa shape index (κ3) is 9.39. The number of rotatable bonds is 15. The molecule has 0 aliphatic carbocycles. The van der Waals surface area contributed by atoms with Crippen LogP contribution in [0.15, 0.2) is 0 Å². The van der Waals surface area contributed by atoms with E-state index >= 15 is 0 Å². The Morgan fingerprint density at radius 1 is 0.619 bits per heavy atom. The SMILES string of the molecule is CCC(N(CCCN)CCCN)N(CCCN)CCCN. The molecule has 6 heteroatoms. The first-order chi connectivity index (χ1) is 10.2. The first kappa shape index (κ1) is 20.8. The Balaban J connectivity index is 4.73. The van der Waals surface area contributed by atoms with Crippen LogP contribution in [-0.4, -0.2) is 68.3 Å². The van der Waals surface area contributed by atoms with E-state index in [4.69, 9.17) is 22.9 Å². The first-order valence-corrected chi connectivity index (χ1v) is 8.53. The normalized spacial score (nSPS) is 12.0. The maximum atomic E-state index is 5.69. The molecule has 0 atom stereocenters. The molecule has 0 aromatic heterocycles. The van der Waals surface area contributed by atoms with Crippen LogP contribution in [0.3, 0.4) is 0 Å². The lowest BCUT2D eigenvalue weighted by atomic mass is 10.2. The van der Waals surface area contributed by atoms with Crippen molar-refractivity contribution in [1.82, 2.24) is 9.80 Å². The predicted molar refractivity (Wildman–Crippen MR) is 91.9 cm³/mol. The molecule has 21 heavy (non-hydrogen) atoms. The highest BCUT2D eigenvalue weighted by atomic mass is 15.3. The minimum atomic E-state index is 0.446. The van der Waals surface area contributed by atoms with Gasteiger partial charge >= 0.3 is 0 Å². The maximum absolute atomic E-state index is 5.69. The Kier molecular flexibility index (Phi) is 14.5. The van der Waals surface area contributed by atoms with Gasteiger partial charge in [0, 0.05) is 26.2 Å². The zero-order chi connectivity index (χ0) is 15.9. The standard InChI is InChI=1S/C15H38N6/c1-2-15(20(11-3-7-16)12-4-8-17)21(13-5-9-18)14-6-10-19/h15H,2-14,16-19H2,1H3. The summed E-state index contributed by atoms with van der Waals surface area (Å²) in [7, 11) is 0.